The van der Waals surface area contributed by atoms with Crippen molar-refractivity contribution in [3.63, 3.8) is 0 Å². The van der Waals surface area contributed by atoms with E-state index in [1.807, 2.05) is 0 Å². The van der Waals surface area contributed by atoms with Gasteiger partial charge in [-0.05, 0) is 38.5 Å². The number of thiocarbonyl (C=S) groups is 1. The largest absolute Gasteiger partial charge is 0.506 e. The van der Waals surface area contributed by atoms with Crippen LogP contribution in [-0.4, -0.2) is 21.8 Å². The molecule has 0 saturated heterocycles. The Morgan fingerprint density at radius 3 is 2.58 bits per heavy atom. The minimum absolute atomic E-state index is 0.0559. The quantitative estimate of drug-likeness (QED) is 0.586. The minimum Gasteiger partial charge on any atom is -0.506 e. The number of anilines is 1. The van der Waals surface area contributed by atoms with Gasteiger partial charge in [-0.2, -0.15) is 0 Å². The van der Waals surface area contributed by atoms with Crippen molar-refractivity contribution >= 4 is 29.0 Å². The second-order valence-electron chi connectivity index (χ2n) is 5.12. The highest BCUT2D eigenvalue weighted by Crippen LogP contribution is 2.25. The number of nitrogens with one attached hydrogen (secondary N) is 1. The Kier molecular flexibility index (Phi) is 4.72. The lowest BCUT2D eigenvalue weighted by molar-refractivity contribution is 0.0635. The van der Waals surface area contributed by atoms with E-state index in [9.17, 15) is 9.90 Å². The maximum Gasteiger partial charge on any atom is 0.412 e. The fraction of sp³-hybridized carbons (Fsp3) is 0.385. The van der Waals surface area contributed by atoms with Crippen molar-refractivity contribution in [3.8, 4) is 5.75 Å². The second kappa shape index (κ2) is 5.88. The van der Waals surface area contributed by atoms with Crippen LogP contribution in [0.2, 0.25) is 0 Å². The Balaban J connectivity index is 2.75. The standard InChI is InChI=1S/C13H18N2O3S/c1-13(2,3)18-12(17)15-9-5-4-8(6-10(9)16)7-11(14)19/h4-6,16H,7H2,1-3H3,(H2,14,19)(H,15,17). The van der Waals surface area contributed by atoms with Crippen LogP contribution in [-0.2, 0) is 11.2 Å². The molecule has 5 nitrogen and oxygen atoms in total. The first-order valence-corrected chi connectivity index (χ1v) is 6.18. The van der Waals surface area contributed by atoms with E-state index < -0.39 is 11.7 Å². The van der Waals surface area contributed by atoms with Crippen LogP contribution >= 0.6 is 12.2 Å². The SMILES string of the molecule is CC(C)(C)OC(=O)Nc1ccc(CC(N)=S)cc1O. The van der Waals surface area contributed by atoms with E-state index in [1.165, 1.54) is 6.07 Å². The number of carbonyl (C=O) groups excluding carboxylic acids is 1. The van der Waals surface area contributed by atoms with Crippen LogP contribution in [0.3, 0.4) is 0 Å². The van der Waals surface area contributed by atoms with E-state index in [2.05, 4.69) is 5.32 Å². The van der Waals surface area contributed by atoms with Crippen LogP contribution in [0, 0.1) is 0 Å². The molecule has 6 heteroatoms. The van der Waals surface area contributed by atoms with E-state index in [0.29, 0.717) is 11.4 Å². The number of phenolic OH excluding ortho intramolecular Hbond substituents is 1. The van der Waals surface area contributed by atoms with Gasteiger partial charge < -0.3 is 15.6 Å². The fourth-order valence-corrected chi connectivity index (χ4v) is 1.57. The maximum atomic E-state index is 11.6. The first kappa shape index (κ1) is 15.2. The summed E-state index contributed by atoms with van der Waals surface area (Å²) in [5.41, 5.74) is 5.89. The Bertz CT molecular complexity index is 495. The summed E-state index contributed by atoms with van der Waals surface area (Å²) in [7, 11) is 0. The second-order valence-corrected chi connectivity index (χ2v) is 5.65. The van der Waals surface area contributed by atoms with Crippen molar-refractivity contribution in [2.45, 2.75) is 32.8 Å². The summed E-state index contributed by atoms with van der Waals surface area (Å²) < 4.78 is 5.09. The summed E-state index contributed by atoms with van der Waals surface area (Å²) in [6.45, 7) is 5.28. The molecule has 0 radical (unpaired) electrons. The number of carbonyl (C=O) groups is 1. The summed E-state index contributed by atoms with van der Waals surface area (Å²) in [5, 5.41) is 12.3. The van der Waals surface area contributed by atoms with Crippen LogP contribution in [0.5, 0.6) is 5.75 Å². The normalized spacial score (nSPS) is 10.9. The molecule has 0 aliphatic carbocycles. The van der Waals surface area contributed by atoms with E-state index in [1.54, 1.807) is 32.9 Å². The van der Waals surface area contributed by atoms with Crippen LogP contribution in [0.15, 0.2) is 18.2 Å². The zero-order valence-corrected chi connectivity index (χ0v) is 12.0. The molecule has 0 fully saturated rings. The number of ether oxygens (including phenoxy) is 1. The average Bonchev–Trinajstić information content (AvgIpc) is 2.18. The van der Waals surface area contributed by atoms with Gasteiger partial charge in [-0.1, -0.05) is 18.3 Å². The van der Waals surface area contributed by atoms with Crippen molar-refractivity contribution < 1.29 is 14.6 Å². The maximum absolute atomic E-state index is 11.6. The van der Waals surface area contributed by atoms with Crippen LogP contribution in [0.25, 0.3) is 0 Å². The highest BCUT2D eigenvalue weighted by molar-refractivity contribution is 7.80. The highest BCUT2D eigenvalue weighted by Gasteiger charge is 2.17. The lowest BCUT2D eigenvalue weighted by atomic mass is 10.1. The van der Waals surface area contributed by atoms with Crippen molar-refractivity contribution in [1.29, 1.82) is 0 Å². The molecular formula is C13H18N2O3S. The Hall–Kier alpha value is -1.82. The average molecular weight is 282 g/mol. The summed E-state index contributed by atoms with van der Waals surface area (Å²) in [6.07, 6.45) is -0.222. The van der Waals surface area contributed by atoms with Crippen molar-refractivity contribution in [2.75, 3.05) is 5.32 Å². The molecule has 0 heterocycles. The molecule has 0 unspecified atom stereocenters. The van der Waals surface area contributed by atoms with E-state index in [-0.39, 0.29) is 11.4 Å². The molecule has 4 N–H and O–H groups in total. The van der Waals surface area contributed by atoms with Gasteiger partial charge in [0.15, 0.2) is 0 Å². The highest BCUT2D eigenvalue weighted by atomic mass is 32.1. The molecule has 0 spiro atoms. The van der Waals surface area contributed by atoms with Crippen LogP contribution in [0.4, 0.5) is 10.5 Å². The van der Waals surface area contributed by atoms with Gasteiger partial charge in [0, 0.05) is 6.42 Å². The fourth-order valence-electron chi connectivity index (χ4n) is 1.41. The monoisotopic (exact) mass is 282 g/mol. The Labute approximate surface area is 117 Å². The molecule has 0 aromatic heterocycles. The van der Waals surface area contributed by atoms with E-state index >= 15 is 0 Å². The summed E-state index contributed by atoms with van der Waals surface area (Å²) >= 11 is 4.79. The minimum atomic E-state index is -0.620. The molecule has 0 bridgehead atoms. The van der Waals surface area contributed by atoms with Gasteiger partial charge in [-0.3, -0.25) is 5.32 Å². The van der Waals surface area contributed by atoms with Gasteiger partial charge in [-0.15, -0.1) is 0 Å². The summed E-state index contributed by atoms with van der Waals surface area (Å²) in [5.74, 6) is -0.0559. The van der Waals surface area contributed by atoms with E-state index in [4.69, 9.17) is 22.7 Å². The lowest BCUT2D eigenvalue weighted by Gasteiger charge is -2.20. The van der Waals surface area contributed by atoms with Gasteiger partial charge in [0.2, 0.25) is 0 Å². The third kappa shape index (κ3) is 5.56. The lowest BCUT2D eigenvalue weighted by Crippen LogP contribution is -2.27. The molecule has 1 amide bonds. The molecular weight excluding hydrogens is 264 g/mol. The number of nitrogens with two attached hydrogens (primary N) is 1. The van der Waals surface area contributed by atoms with Gasteiger partial charge in [0.25, 0.3) is 0 Å². The number of rotatable bonds is 3. The molecule has 0 aliphatic rings. The predicted octanol–water partition coefficient (Wildman–Crippen LogP) is 2.57. The van der Waals surface area contributed by atoms with Crippen molar-refractivity contribution in [1.82, 2.24) is 0 Å². The molecule has 1 rings (SSSR count). The number of hydrogen-bond donors (Lipinski definition) is 3. The Morgan fingerprint density at radius 1 is 1.47 bits per heavy atom. The zero-order chi connectivity index (χ0) is 14.6. The topological polar surface area (TPSA) is 84.6 Å². The van der Waals surface area contributed by atoms with E-state index in [0.717, 1.165) is 5.56 Å². The number of aromatic hydroxyl groups is 1. The zero-order valence-electron chi connectivity index (χ0n) is 11.2. The molecule has 1 aromatic rings. The third-order valence-corrected chi connectivity index (χ3v) is 2.22. The summed E-state index contributed by atoms with van der Waals surface area (Å²) in [6, 6.07) is 4.81. The number of phenols is 1. The molecule has 0 atom stereocenters. The molecule has 0 aliphatic heterocycles. The first-order chi connectivity index (χ1) is 8.67. The smallest absolute Gasteiger partial charge is 0.412 e. The van der Waals surface area contributed by atoms with Gasteiger partial charge in [-0.25, -0.2) is 4.79 Å². The van der Waals surface area contributed by atoms with Crippen LogP contribution < -0.4 is 11.1 Å². The van der Waals surface area contributed by atoms with Gasteiger partial charge >= 0.3 is 6.09 Å². The van der Waals surface area contributed by atoms with Crippen molar-refractivity contribution in [3.05, 3.63) is 23.8 Å². The Morgan fingerprint density at radius 2 is 2.11 bits per heavy atom. The molecule has 19 heavy (non-hydrogen) atoms. The van der Waals surface area contributed by atoms with Gasteiger partial charge in [0.05, 0.1) is 10.7 Å². The molecule has 104 valence electrons. The van der Waals surface area contributed by atoms with Crippen molar-refractivity contribution in [2.24, 2.45) is 5.73 Å². The third-order valence-electron chi connectivity index (χ3n) is 2.08. The first-order valence-electron chi connectivity index (χ1n) is 5.77. The molecule has 1 aromatic carbocycles. The van der Waals surface area contributed by atoms with Crippen LogP contribution in [0.1, 0.15) is 26.3 Å². The predicted molar refractivity (Wildman–Crippen MR) is 78.5 cm³/mol. The molecule has 0 saturated carbocycles. The number of benzene rings is 1. The van der Waals surface area contributed by atoms with Gasteiger partial charge in [0.1, 0.15) is 11.4 Å². The summed E-state index contributed by atoms with van der Waals surface area (Å²) in [4.78, 5) is 11.9. The number of hydrogen-bond acceptors (Lipinski definition) is 4. The number of amides is 1.